The minimum atomic E-state index is -0.585. The van der Waals surface area contributed by atoms with Crippen molar-refractivity contribution in [2.75, 3.05) is 21.3 Å². The molecule has 0 saturated heterocycles. The van der Waals surface area contributed by atoms with E-state index in [4.69, 9.17) is 23.4 Å². The summed E-state index contributed by atoms with van der Waals surface area (Å²) in [6.07, 6.45) is 3.17. The van der Waals surface area contributed by atoms with Crippen LogP contribution in [-0.2, 0) is 0 Å². The van der Waals surface area contributed by atoms with E-state index in [2.05, 4.69) is 0 Å². The summed E-state index contributed by atoms with van der Waals surface area (Å²) in [7, 11) is 4.68. The lowest BCUT2D eigenvalue weighted by Crippen LogP contribution is -2.09. The number of carbonyl (C=O) groups is 2. The Balaban J connectivity index is 1.37. The molecule has 1 heterocycles. The van der Waals surface area contributed by atoms with Crippen LogP contribution in [0.5, 0.6) is 23.0 Å². The molecule has 0 N–H and O–H groups in total. The van der Waals surface area contributed by atoms with Gasteiger partial charge < -0.3 is 23.4 Å². The van der Waals surface area contributed by atoms with E-state index < -0.39 is 5.97 Å². The third kappa shape index (κ3) is 5.44. The van der Waals surface area contributed by atoms with E-state index in [1.807, 2.05) is 36.4 Å². The molecule has 5 rings (SSSR count). The van der Waals surface area contributed by atoms with E-state index in [1.54, 1.807) is 82.0 Å². The van der Waals surface area contributed by atoms with E-state index in [9.17, 15) is 9.59 Å². The summed E-state index contributed by atoms with van der Waals surface area (Å²) in [6.45, 7) is 0. The molecule has 7 nitrogen and oxygen atoms in total. The van der Waals surface area contributed by atoms with Gasteiger partial charge in [-0.25, -0.2) is 4.79 Å². The van der Waals surface area contributed by atoms with Crippen molar-refractivity contribution < 1.29 is 33.0 Å². The molecular formula is C33H26O7. The predicted octanol–water partition coefficient (Wildman–Crippen LogP) is 7.24. The Morgan fingerprint density at radius 3 is 2.15 bits per heavy atom. The first-order chi connectivity index (χ1) is 19.5. The average Bonchev–Trinajstić information content (AvgIpc) is 3.39. The number of furan rings is 1. The molecule has 7 heteroatoms. The number of esters is 1. The van der Waals surface area contributed by atoms with Crippen molar-refractivity contribution in [3.8, 4) is 34.3 Å². The second kappa shape index (κ2) is 11.6. The molecule has 5 aromatic rings. The van der Waals surface area contributed by atoms with Gasteiger partial charge in [-0.3, -0.25) is 4.79 Å². The third-order valence-corrected chi connectivity index (χ3v) is 6.32. The molecule has 0 radical (unpaired) electrons. The smallest absolute Gasteiger partial charge is 0.348 e. The van der Waals surface area contributed by atoms with Crippen molar-refractivity contribution in [1.29, 1.82) is 0 Å². The van der Waals surface area contributed by atoms with Gasteiger partial charge in [0, 0.05) is 16.5 Å². The first-order valence-electron chi connectivity index (χ1n) is 12.4. The van der Waals surface area contributed by atoms with E-state index in [-0.39, 0.29) is 11.3 Å². The fraction of sp³-hybridized carbons (Fsp3) is 0.0909. The number of benzene rings is 4. The summed E-state index contributed by atoms with van der Waals surface area (Å²) in [4.78, 5) is 26.2. The van der Waals surface area contributed by atoms with Crippen LogP contribution in [-0.4, -0.2) is 33.1 Å². The second-order valence-corrected chi connectivity index (χ2v) is 8.76. The molecule has 0 aliphatic rings. The first-order valence-corrected chi connectivity index (χ1v) is 12.4. The molecule has 0 atom stereocenters. The van der Waals surface area contributed by atoms with Crippen LogP contribution in [0.25, 0.3) is 28.4 Å². The van der Waals surface area contributed by atoms with Gasteiger partial charge in [0.2, 0.25) is 0 Å². The van der Waals surface area contributed by atoms with Gasteiger partial charge in [-0.1, -0.05) is 42.5 Å². The Kier molecular flexibility index (Phi) is 7.64. The highest BCUT2D eigenvalue weighted by atomic mass is 16.5. The third-order valence-electron chi connectivity index (χ3n) is 6.32. The number of fused-ring (bicyclic) bond motifs is 1. The molecule has 0 amide bonds. The maximum Gasteiger partial charge on any atom is 0.348 e. The number of ether oxygens (including phenoxy) is 4. The Hall–Kier alpha value is -5.30. The minimum absolute atomic E-state index is 0.202. The summed E-state index contributed by atoms with van der Waals surface area (Å²) in [5.41, 5.74) is 2.80. The Morgan fingerprint density at radius 2 is 1.45 bits per heavy atom. The van der Waals surface area contributed by atoms with E-state index in [0.29, 0.717) is 45.3 Å². The Labute approximate surface area is 231 Å². The highest BCUT2D eigenvalue weighted by molar-refractivity contribution is 6.10. The summed E-state index contributed by atoms with van der Waals surface area (Å²) >= 11 is 0. The molecule has 0 spiro atoms. The molecule has 200 valence electrons. The van der Waals surface area contributed by atoms with Gasteiger partial charge in [-0.2, -0.15) is 0 Å². The van der Waals surface area contributed by atoms with Gasteiger partial charge in [-0.05, 0) is 66.2 Å². The largest absolute Gasteiger partial charge is 0.497 e. The zero-order valence-corrected chi connectivity index (χ0v) is 22.2. The van der Waals surface area contributed by atoms with Crippen LogP contribution >= 0.6 is 0 Å². The van der Waals surface area contributed by atoms with Crippen molar-refractivity contribution in [1.82, 2.24) is 0 Å². The van der Waals surface area contributed by atoms with E-state index in [1.165, 1.54) is 6.08 Å². The van der Waals surface area contributed by atoms with Crippen LogP contribution in [0, 0.1) is 0 Å². The molecule has 40 heavy (non-hydrogen) atoms. The van der Waals surface area contributed by atoms with Crippen molar-refractivity contribution in [2.45, 2.75) is 0 Å². The van der Waals surface area contributed by atoms with Gasteiger partial charge in [-0.15, -0.1) is 0 Å². The zero-order chi connectivity index (χ0) is 28.1. The average molecular weight is 535 g/mol. The first kappa shape index (κ1) is 26.3. The van der Waals surface area contributed by atoms with Crippen LogP contribution in [0.2, 0.25) is 0 Å². The van der Waals surface area contributed by atoms with Gasteiger partial charge in [0.25, 0.3) is 0 Å². The zero-order valence-electron chi connectivity index (χ0n) is 22.2. The highest BCUT2D eigenvalue weighted by Gasteiger charge is 2.24. The molecule has 1 aromatic heterocycles. The number of carbonyl (C=O) groups excluding carboxylic acids is 2. The van der Waals surface area contributed by atoms with E-state index >= 15 is 0 Å². The number of rotatable bonds is 9. The Bertz CT molecular complexity index is 1700. The maximum absolute atomic E-state index is 13.4. The van der Waals surface area contributed by atoms with Crippen LogP contribution in [0.15, 0.2) is 101 Å². The predicted molar refractivity (Wildman–Crippen MR) is 153 cm³/mol. The van der Waals surface area contributed by atoms with Crippen molar-refractivity contribution in [2.24, 2.45) is 0 Å². The fourth-order valence-corrected chi connectivity index (χ4v) is 4.27. The van der Waals surface area contributed by atoms with Crippen LogP contribution < -0.4 is 18.9 Å². The molecule has 0 saturated carbocycles. The molecule has 4 aromatic carbocycles. The number of hydrogen-bond donors (Lipinski definition) is 0. The van der Waals surface area contributed by atoms with Crippen LogP contribution in [0.1, 0.15) is 26.3 Å². The quantitative estimate of drug-likeness (QED) is 0.0853. The van der Waals surface area contributed by atoms with Gasteiger partial charge >= 0.3 is 5.97 Å². The SMILES string of the molecule is COc1ccc2oc(-c3ccccc3)c(C(=O)Oc3ccc(C(=O)C=Cc4ccc(OC)c(OC)c4)cc3)c2c1. The summed E-state index contributed by atoms with van der Waals surface area (Å²) in [5, 5.41) is 0.579. The lowest BCUT2D eigenvalue weighted by Gasteiger charge is -2.07. The fourth-order valence-electron chi connectivity index (χ4n) is 4.27. The molecule has 0 aliphatic carbocycles. The molecule has 0 aliphatic heterocycles. The molecule has 0 bridgehead atoms. The number of hydrogen-bond acceptors (Lipinski definition) is 7. The second-order valence-electron chi connectivity index (χ2n) is 8.76. The molecule has 0 fully saturated rings. The van der Waals surface area contributed by atoms with E-state index in [0.717, 1.165) is 11.1 Å². The standard InChI is InChI=1S/C33H26O7/c1-36-25-15-18-28-26(20-25)31(32(40-28)23-7-5-4-6-8-23)33(35)39-24-13-11-22(12-14-24)27(34)16-9-21-10-17-29(37-2)30(19-21)38-3/h4-20H,1-3H3. The van der Waals surface area contributed by atoms with Crippen molar-refractivity contribution >= 4 is 28.8 Å². The number of ketones is 1. The van der Waals surface area contributed by atoms with Gasteiger partial charge in [0.05, 0.1) is 21.3 Å². The molecule has 0 unspecified atom stereocenters. The summed E-state index contributed by atoms with van der Waals surface area (Å²) in [5.74, 6) is 1.68. The minimum Gasteiger partial charge on any atom is -0.497 e. The maximum atomic E-state index is 13.4. The monoisotopic (exact) mass is 534 g/mol. The molecular weight excluding hydrogens is 508 g/mol. The van der Waals surface area contributed by atoms with Gasteiger partial charge in [0.1, 0.15) is 28.4 Å². The number of methoxy groups -OCH3 is 3. The van der Waals surface area contributed by atoms with Crippen LogP contribution in [0.4, 0.5) is 0 Å². The van der Waals surface area contributed by atoms with Gasteiger partial charge in [0.15, 0.2) is 17.3 Å². The lowest BCUT2D eigenvalue weighted by atomic mass is 10.1. The lowest BCUT2D eigenvalue weighted by molar-refractivity contribution is 0.0737. The van der Waals surface area contributed by atoms with Crippen molar-refractivity contribution in [3.63, 3.8) is 0 Å². The normalized spacial score (nSPS) is 11.0. The van der Waals surface area contributed by atoms with Crippen molar-refractivity contribution in [3.05, 3.63) is 114 Å². The topological polar surface area (TPSA) is 84.2 Å². The summed E-state index contributed by atoms with van der Waals surface area (Å²) < 4.78 is 27.7. The highest BCUT2D eigenvalue weighted by Crippen LogP contribution is 2.36. The number of allylic oxidation sites excluding steroid dienone is 1. The Morgan fingerprint density at radius 1 is 0.725 bits per heavy atom. The summed E-state index contributed by atoms with van der Waals surface area (Å²) in [6, 6.07) is 26.4. The van der Waals surface area contributed by atoms with Crippen LogP contribution in [0.3, 0.4) is 0 Å².